The Balaban J connectivity index is 1.36. The molecule has 0 saturated heterocycles. The minimum atomic E-state index is 0.118. The van der Waals surface area contributed by atoms with Crippen LogP contribution >= 0.6 is 0 Å². The first-order valence-corrected chi connectivity index (χ1v) is 9.19. The Morgan fingerprint density at radius 1 is 0.741 bits per heavy atom. The maximum atomic E-state index is 6.03. The number of fused-ring (bicyclic) bond motifs is 6. The zero-order valence-corrected chi connectivity index (χ0v) is 14.6. The molecule has 2 atom stereocenters. The molecular formula is C24H17NO2. The van der Waals surface area contributed by atoms with Crippen molar-refractivity contribution in [3.8, 4) is 5.75 Å². The average molecular weight is 351 g/mol. The highest BCUT2D eigenvalue weighted by molar-refractivity contribution is 6.05. The van der Waals surface area contributed by atoms with Gasteiger partial charge in [0.15, 0.2) is 0 Å². The van der Waals surface area contributed by atoms with E-state index in [4.69, 9.17) is 9.15 Å². The number of ether oxygens (including phenoxy) is 1. The van der Waals surface area contributed by atoms with Gasteiger partial charge >= 0.3 is 0 Å². The first-order chi connectivity index (χ1) is 13.3. The molecule has 1 aliphatic heterocycles. The van der Waals surface area contributed by atoms with Crippen LogP contribution in [0.3, 0.4) is 0 Å². The second-order valence-corrected chi connectivity index (χ2v) is 7.06. The number of allylic oxidation sites excluding steroid dienone is 2. The van der Waals surface area contributed by atoms with E-state index in [-0.39, 0.29) is 6.10 Å². The van der Waals surface area contributed by atoms with Crippen LogP contribution in [0.2, 0.25) is 0 Å². The van der Waals surface area contributed by atoms with Crippen LogP contribution in [0.5, 0.6) is 5.75 Å². The molecule has 2 unspecified atom stereocenters. The minimum Gasteiger partial charge on any atom is -0.485 e. The van der Waals surface area contributed by atoms with E-state index in [2.05, 4.69) is 72.1 Å². The van der Waals surface area contributed by atoms with Gasteiger partial charge in [0.2, 0.25) is 0 Å². The van der Waals surface area contributed by atoms with Crippen LogP contribution in [0.15, 0.2) is 89.4 Å². The van der Waals surface area contributed by atoms with Crippen molar-refractivity contribution in [3.63, 3.8) is 0 Å². The molecule has 2 aliphatic rings. The molecule has 4 aromatic rings. The lowest BCUT2D eigenvalue weighted by Gasteiger charge is -2.14. The molecular weight excluding hydrogens is 334 g/mol. The Kier molecular flexibility index (Phi) is 3.00. The molecule has 3 nitrogen and oxygen atoms in total. The fraction of sp³-hybridized carbons (Fsp3) is 0.0833. The fourth-order valence-corrected chi connectivity index (χ4v) is 4.09. The molecule has 1 N–H and O–H groups in total. The molecule has 130 valence electrons. The van der Waals surface area contributed by atoms with Gasteiger partial charge in [-0.15, -0.1) is 0 Å². The number of anilines is 2. The van der Waals surface area contributed by atoms with Gasteiger partial charge in [-0.1, -0.05) is 36.4 Å². The lowest BCUT2D eigenvalue weighted by Crippen LogP contribution is -2.15. The summed E-state index contributed by atoms with van der Waals surface area (Å²) < 4.78 is 12.0. The Labute approximate surface area is 156 Å². The number of rotatable bonds is 2. The quantitative estimate of drug-likeness (QED) is 0.460. The molecule has 0 amide bonds. The molecule has 6 rings (SSSR count). The van der Waals surface area contributed by atoms with Gasteiger partial charge in [-0.25, -0.2) is 0 Å². The summed E-state index contributed by atoms with van der Waals surface area (Å²) in [7, 11) is 0. The van der Waals surface area contributed by atoms with Crippen molar-refractivity contribution in [3.05, 3.63) is 90.5 Å². The summed E-state index contributed by atoms with van der Waals surface area (Å²) >= 11 is 0. The maximum absolute atomic E-state index is 6.03. The first-order valence-electron chi connectivity index (χ1n) is 9.19. The van der Waals surface area contributed by atoms with Gasteiger partial charge in [-0.3, -0.25) is 0 Å². The third-order valence-corrected chi connectivity index (χ3v) is 5.38. The second kappa shape index (κ2) is 5.52. The summed E-state index contributed by atoms with van der Waals surface area (Å²) in [5, 5.41) is 5.80. The van der Waals surface area contributed by atoms with E-state index in [1.54, 1.807) is 0 Å². The Hall–Kier alpha value is -3.46. The first kappa shape index (κ1) is 14.7. The zero-order valence-electron chi connectivity index (χ0n) is 14.6. The summed E-state index contributed by atoms with van der Waals surface area (Å²) in [6.07, 6.45) is 8.59. The highest BCUT2D eigenvalue weighted by atomic mass is 16.5. The monoisotopic (exact) mass is 351 g/mol. The van der Waals surface area contributed by atoms with Gasteiger partial charge in [0.1, 0.15) is 23.0 Å². The number of nitrogens with one attached hydrogen (secondary N) is 1. The van der Waals surface area contributed by atoms with Gasteiger partial charge in [0.05, 0.1) is 0 Å². The van der Waals surface area contributed by atoms with E-state index in [1.807, 2.05) is 18.2 Å². The third kappa shape index (κ3) is 2.28. The van der Waals surface area contributed by atoms with Crippen LogP contribution in [0.4, 0.5) is 11.4 Å². The highest BCUT2D eigenvalue weighted by Gasteiger charge is 2.31. The van der Waals surface area contributed by atoms with E-state index >= 15 is 0 Å². The molecule has 1 aromatic heterocycles. The molecule has 2 heterocycles. The molecule has 0 bridgehead atoms. The van der Waals surface area contributed by atoms with Crippen LogP contribution in [0, 0.1) is 0 Å². The van der Waals surface area contributed by atoms with Gasteiger partial charge in [-0.05, 0) is 42.5 Å². The lowest BCUT2D eigenvalue weighted by atomic mass is 9.92. The fourth-order valence-electron chi connectivity index (χ4n) is 4.09. The van der Waals surface area contributed by atoms with Gasteiger partial charge in [0.25, 0.3) is 0 Å². The molecule has 0 fully saturated rings. The van der Waals surface area contributed by atoms with Crippen molar-refractivity contribution < 1.29 is 9.15 Å². The molecule has 0 spiro atoms. The average Bonchev–Trinajstić information content (AvgIpc) is 3.25. The standard InChI is InChI=1S/C24H17NO2/c1-3-7-21-17(5-1)19-11-9-16(14-24(19)27-21)25-15-10-12-23-20(13-15)18-6-2-4-8-22(18)26-23/h1-14,18,22,25H. The normalized spacial score (nSPS) is 19.9. The van der Waals surface area contributed by atoms with Crippen molar-refractivity contribution in [1.82, 2.24) is 0 Å². The second-order valence-electron chi connectivity index (χ2n) is 7.06. The zero-order chi connectivity index (χ0) is 17.8. The molecule has 3 heteroatoms. The number of furan rings is 1. The van der Waals surface area contributed by atoms with Gasteiger partial charge < -0.3 is 14.5 Å². The molecule has 3 aromatic carbocycles. The third-order valence-electron chi connectivity index (χ3n) is 5.38. The maximum Gasteiger partial charge on any atom is 0.137 e. The van der Waals surface area contributed by atoms with E-state index in [0.29, 0.717) is 5.92 Å². The van der Waals surface area contributed by atoms with Crippen LogP contribution < -0.4 is 10.1 Å². The van der Waals surface area contributed by atoms with E-state index in [1.165, 1.54) is 5.56 Å². The van der Waals surface area contributed by atoms with Crippen LogP contribution in [0.25, 0.3) is 21.9 Å². The van der Waals surface area contributed by atoms with Crippen LogP contribution in [-0.4, -0.2) is 6.10 Å². The van der Waals surface area contributed by atoms with Crippen molar-refractivity contribution in [2.24, 2.45) is 0 Å². The summed E-state index contributed by atoms with van der Waals surface area (Å²) in [4.78, 5) is 0. The van der Waals surface area contributed by atoms with Crippen LogP contribution in [0.1, 0.15) is 11.5 Å². The highest BCUT2D eigenvalue weighted by Crippen LogP contribution is 2.42. The summed E-state index contributed by atoms with van der Waals surface area (Å²) in [5.41, 5.74) is 5.11. The van der Waals surface area contributed by atoms with E-state index in [0.717, 1.165) is 39.1 Å². The van der Waals surface area contributed by atoms with E-state index < -0.39 is 0 Å². The minimum absolute atomic E-state index is 0.118. The van der Waals surface area contributed by atoms with Crippen molar-refractivity contribution in [1.29, 1.82) is 0 Å². The van der Waals surface area contributed by atoms with E-state index in [9.17, 15) is 0 Å². The largest absolute Gasteiger partial charge is 0.485 e. The Morgan fingerprint density at radius 2 is 1.56 bits per heavy atom. The number of hydrogen-bond donors (Lipinski definition) is 1. The predicted octanol–water partition coefficient (Wildman–Crippen LogP) is 6.30. The van der Waals surface area contributed by atoms with Crippen molar-refractivity contribution >= 4 is 33.3 Å². The van der Waals surface area contributed by atoms with Gasteiger partial charge in [0, 0.05) is 39.7 Å². The van der Waals surface area contributed by atoms with Crippen molar-refractivity contribution in [2.45, 2.75) is 12.0 Å². The molecule has 27 heavy (non-hydrogen) atoms. The Morgan fingerprint density at radius 3 is 2.56 bits per heavy atom. The molecule has 1 aliphatic carbocycles. The molecule has 0 radical (unpaired) electrons. The predicted molar refractivity (Wildman–Crippen MR) is 109 cm³/mol. The summed E-state index contributed by atoms with van der Waals surface area (Å²) in [6, 6.07) is 20.7. The Bertz CT molecular complexity index is 1250. The topological polar surface area (TPSA) is 34.4 Å². The SMILES string of the molecule is C1=CC2Oc3ccc(Nc4ccc5c(c4)oc4ccccc45)cc3C2C=C1. The lowest BCUT2D eigenvalue weighted by molar-refractivity contribution is 0.269. The molecule has 0 saturated carbocycles. The number of hydrogen-bond acceptors (Lipinski definition) is 3. The summed E-state index contributed by atoms with van der Waals surface area (Å²) in [5.74, 6) is 1.27. The number of para-hydroxylation sites is 1. The smallest absolute Gasteiger partial charge is 0.137 e. The number of benzene rings is 3. The summed E-state index contributed by atoms with van der Waals surface area (Å²) in [6.45, 7) is 0. The van der Waals surface area contributed by atoms with Crippen molar-refractivity contribution in [2.75, 3.05) is 5.32 Å². The van der Waals surface area contributed by atoms with Crippen LogP contribution in [-0.2, 0) is 0 Å². The van der Waals surface area contributed by atoms with Gasteiger partial charge in [-0.2, -0.15) is 0 Å².